The van der Waals surface area contributed by atoms with Crippen molar-refractivity contribution < 1.29 is 8.42 Å². The average Bonchev–Trinajstić information content (AvgIpc) is 2.33. The highest BCUT2D eigenvalue weighted by atomic mass is 32.2. The SMILES string of the molecule is Nc1cc(=O)[nH]c(=O)n1Cc1ccc(S(N)(=O)=O)cc1. The Hall–Kier alpha value is -2.39. The van der Waals surface area contributed by atoms with E-state index in [4.69, 9.17) is 10.9 Å². The number of H-pyrrole nitrogens is 1. The quantitative estimate of drug-likeness (QED) is 0.653. The predicted octanol–water partition coefficient (Wildman–Crippen LogP) is -1.19. The van der Waals surface area contributed by atoms with Crippen LogP contribution in [0.1, 0.15) is 5.56 Å². The van der Waals surface area contributed by atoms with E-state index in [2.05, 4.69) is 4.98 Å². The monoisotopic (exact) mass is 296 g/mol. The number of hydrogen-bond acceptors (Lipinski definition) is 5. The first-order valence-electron chi connectivity index (χ1n) is 5.49. The Balaban J connectivity index is 2.37. The molecule has 5 N–H and O–H groups in total. The van der Waals surface area contributed by atoms with Gasteiger partial charge in [-0.2, -0.15) is 0 Å². The molecule has 1 aromatic carbocycles. The summed E-state index contributed by atoms with van der Waals surface area (Å²) < 4.78 is 23.4. The summed E-state index contributed by atoms with van der Waals surface area (Å²) in [5, 5.41) is 4.98. The van der Waals surface area contributed by atoms with Gasteiger partial charge in [0.25, 0.3) is 5.56 Å². The fourth-order valence-electron chi connectivity index (χ4n) is 1.67. The van der Waals surface area contributed by atoms with Crippen molar-refractivity contribution in [2.75, 3.05) is 5.73 Å². The Morgan fingerprint density at radius 3 is 2.25 bits per heavy atom. The van der Waals surface area contributed by atoms with Gasteiger partial charge in [0, 0.05) is 6.07 Å². The van der Waals surface area contributed by atoms with Crippen LogP contribution in [0.4, 0.5) is 5.82 Å². The standard InChI is InChI=1S/C11H12N4O4S/c12-9-5-10(16)14-11(17)15(9)6-7-1-3-8(4-2-7)20(13,18)19/h1-5H,6,12H2,(H2,13,18,19)(H,14,16,17). The number of aromatic amines is 1. The van der Waals surface area contributed by atoms with Gasteiger partial charge in [-0.25, -0.2) is 18.4 Å². The van der Waals surface area contributed by atoms with E-state index in [1.54, 1.807) is 0 Å². The number of nitrogens with two attached hydrogens (primary N) is 2. The van der Waals surface area contributed by atoms with Crippen LogP contribution < -0.4 is 22.1 Å². The van der Waals surface area contributed by atoms with Crippen LogP contribution in [0.5, 0.6) is 0 Å². The van der Waals surface area contributed by atoms with Crippen molar-refractivity contribution in [3.63, 3.8) is 0 Å². The van der Waals surface area contributed by atoms with Gasteiger partial charge in [0.05, 0.1) is 11.4 Å². The summed E-state index contributed by atoms with van der Waals surface area (Å²) in [6, 6.07) is 6.78. The van der Waals surface area contributed by atoms with Gasteiger partial charge >= 0.3 is 5.69 Å². The molecule has 0 atom stereocenters. The van der Waals surface area contributed by atoms with Crippen LogP contribution in [-0.4, -0.2) is 18.0 Å². The van der Waals surface area contributed by atoms with Crippen LogP contribution in [0.25, 0.3) is 0 Å². The summed E-state index contributed by atoms with van der Waals surface area (Å²) in [6.45, 7) is 0.104. The Morgan fingerprint density at radius 1 is 1.15 bits per heavy atom. The van der Waals surface area contributed by atoms with E-state index in [9.17, 15) is 18.0 Å². The highest BCUT2D eigenvalue weighted by Crippen LogP contribution is 2.10. The highest BCUT2D eigenvalue weighted by Gasteiger charge is 2.08. The fraction of sp³-hybridized carbons (Fsp3) is 0.0909. The van der Waals surface area contributed by atoms with E-state index in [1.807, 2.05) is 0 Å². The van der Waals surface area contributed by atoms with Crippen LogP contribution in [0.2, 0.25) is 0 Å². The number of primary sulfonamides is 1. The zero-order valence-corrected chi connectivity index (χ0v) is 11.1. The van der Waals surface area contributed by atoms with E-state index in [0.29, 0.717) is 5.56 Å². The van der Waals surface area contributed by atoms with Crippen LogP contribution in [0.15, 0.2) is 44.8 Å². The third kappa shape index (κ3) is 2.95. The van der Waals surface area contributed by atoms with Gasteiger partial charge < -0.3 is 5.73 Å². The number of anilines is 1. The molecule has 9 heteroatoms. The van der Waals surface area contributed by atoms with E-state index >= 15 is 0 Å². The minimum absolute atomic E-state index is 0.0225. The molecule has 20 heavy (non-hydrogen) atoms. The van der Waals surface area contributed by atoms with Gasteiger partial charge in [-0.15, -0.1) is 0 Å². The van der Waals surface area contributed by atoms with Crippen molar-refractivity contribution in [2.24, 2.45) is 5.14 Å². The number of benzene rings is 1. The van der Waals surface area contributed by atoms with Crippen LogP contribution >= 0.6 is 0 Å². The smallest absolute Gasteiger partial charge is 0.330 e. The Labute approximate surface area is 113 Å². The highest BCUT2D eigenvalue weighted by molar-refractivity contribution is 7.89. The molecule has 106 valence electrons. The number of sulfonamides is 1. The second-order valence-corrected chi connectivity index (χ2v) is 5.70. The minimum atomic E-state index is -3.76. The third-order valence-corrected chi connectivity index (χ3v) is 3.59. The topological polar surface area (TPSA) is 141 Å². The molecule has 0 radical (unpaired) electrons. The van der Waals surface area contributed by atoms with Gasteiger partial charge in [-0.05, 0) is 17.7 Å². The molecule has 8 nitrogen and oxygen atoms in total. The molecule has 0 aliphatic heterocycles. The van der Waals surface area contributed by atoms with E-state index in [0.717, 1.165) is 10.6 Å². The van der Waals surface area contributed by atoms with Crippen molar-refractivity contribution in [2.45, 2.75) is 11.4 Å². The largest absolute Gasteiger partial charge is 0.385 e. The number of nitrogen functional groups attached to an aromatic ring is 1. The predicted molar refractivity (Wildman–Crippen MR) is 72.7 cm³/mol. The van der Waals surface area contributed by atoms with Crippen molar-refractivity contribution in [1.82, 2.24) is 9.55 Å². The molecule has 0 aliphatic rings. The summed E-state index contributed by atoms with van der Waals surface area (Å²) in [7, 11) is -3.76. The maximum absolute atomic E-state index is 11.6. The lowest BCUT2D eigenvalue weighted by Gasteiger charge is -2.08. The molecule has 0 amide bonds. The van der Waals surface area contributed by atoms with Crippen molar-refractivity contribution in [3.05, 3.63) is 56.7 Å². The van der Waals surface area contributed by atoms with Crippen molar-refractivity contribution in [3.8, 4) is 0 Å². The van der Waals surface area contributed by atoms with Crippen LogP contribution in [0, 0.1) is 0 Å². The van der Waals surface area contributed by atoms with Gasteiger partial charge in [-0.1, -0.05) is 12.1 Å². The zero-order chi connectivity index (χ0) is 14.9. The van der Waals surface area contributed by atoms with Crippen LogP contribution in [0.3, 0.4) is 0 Å². The molecule has 0 unspecified atom stereocenters. The molecule has 0 bridgehead atoms. The van der Waals surface area contributed by atoms with Crippen molar-refractivity contribution in [1.29, 1.82) is 0 Å². The van der Waals surface area contributed by atoms with Crippen LogP contribution in [-0.2, 0) is 16.6 Å². The molecule has 2 rings (SSSR count). The number of nitrogens with zero attached hydrogens (tertiary/aromatic N) is 1. The summed E-state index contributed by atoms with van der Waals surface area (Å²) in [5.74, 6) is 0.0225. The second-order valence-electron chi connectivity index (χ2n) is 4.14. The van der Waals surface area contributed by atoms with Gasteiger partial charge in [0.2, 0.25) is 10.0 Å². The lowest BCUT2D eigenvalue weighted by Crippen LogP contribution is -2.31. The first kappa shape index (κ1) is 14.0. The summed E-state index contributed by atoms with van der Waals surface area (Å²) >= 11 is 0. The maximum Gasteiger partial charge on any atom is 0.330 e. The van der Waals surface area contributed by atoms with Gasteiger partial charge in [0.15, 0.2) is 0 Å². The molecule has 1 aromatic heterocycles. The molecule has 0 aliphatic carbocycles. The number of rotatable bonds is 3. The average molecular weight is 296 g/mol. The first-order valence-corrected chi connectivity index (χ1v) is 7.03. The molecule has 0 saturated carbocycles. The lowest BCUT2D eigenvalue weighted by molar-refractivity contribution is 0.597. The minimum Gasteiger partial charge on any atom is -0.385 e. The maximum atomic E-state index is 11.6. The molecular formula is C11H12N4O4S. The number of aromatic nitrogens is 2. The number of hydrogen-bond donors (Lipinski definition) is 3. The molecule has 2 aromatic rings. The molecule has 0 fully saturated rings. The molecular weight excluding hydrogens is 284 g/mol. The van der Waals surface area contributed by atoms with Gasteiger partial charge in [0.1, 0.15) is 5.82 Å². The molecule has 1 heterocycles. The Kier molecular flexibility index (Phi) is 3.47. The normalized spacial score (nSPS) is 11.4. The van der Waals surface area contributed by atoms with Crippen molar-refractivity contribution >= 4 is 15.8 Å². The number of nitrogens with one attached hydrogen (secondary N) is 1. The molecule has 0 saturated heterocycles. The summed E-state index contributed by atoms with van der Waals surface area (Å²) in [5.41, 5.74) is 5.02. The Bertz CT molecular complexity index is 849. The second kappa shape index (κ2) is 4.94. The first-order chi connectivity index (χ1) is 9.27. The fourth-order valence-corrected chi connectivity index (χ4v) is 2.18. The Morgan fingerprint density at radius 2 is 1.75 bits per heavy atom. The zero-order valence-electron chi connectivity index (χ0n) is 10.2. The lowest BCUT2D eigenvalue weighted by atomic mass is 10.2. The third-order valence-electron chi connectivity index (χ3n) is 2.66. The summed E-state index contributed by atoms with van der Waals surface area (Å²) in [4.78, 5) is 24.7. The summed E-state index contributed by atoms with van der Waals surface area (Å²) in [6.07, 6.45) is 0. The van der Waals surface area contributed by atoms with E-state index in [-0.39, 0.29) is 17.3 Å². The van der Waals surface area contributed by atoms with E-state index < -0.39 is 21.3 Å². The van der Waals surface area contributed by atoms with Gasteiger partial charge in [-0.3, -0.25) is 14.3 Å². The van der Waals surface area contributed by atoms with E-state index in [1.165, 1.54) is 24.3 Å². The molecule has 0 spiro atoms.